The summed E-state index contributed by atoms with van der Waals surface area (Å²) in [5, 5.41) is 0. The summed E-state index contributed by atoms with van der Waals surface area (Å²) in [6.45, 7) is 8.01. The number of fused-ring (bicyclic) bond motifs is 2. The first-order valence-electron chi connectivity index (χ1n) is 5.90. The summed E-state index contributed by atoms with van der Waals surface area (Å²) in [7, 11) is 0. The minimum Gasteiger partial charge on any atom is -0.444 e. The van der Waals surface area contributed by atoms with Crippen molar-refractivity contribution in [2.75, 3.05) is 0 Å². The standard InChI is InChI=1S/C12H21NO2/c1-8-7-9-5-6-10(8)13(9)11(14)15-12(2,3)4/h8-10H,5-7H2,1-4H3/t8?,9-,10+/m1/s1. The summed E-state index contributed by atoms with van der Waals surface area (Å²) in [5.74, 6) is 0.649. The van der Waals surface area contributed by atoms with E-state index in [2.05, 4.69) is 6.92 Å². The molecule has 3 atom stereocenters. The molecule has 86 valence electrons. The monoisotopic (exact) mass is 211 g/mol. The molecule has 1 amide bonds. The highest BCUT2D eigenvalue weighted by molar-refractivity contribution is 5.70. The number of rotatable bonds is 0. The molecule has 0 aromatic carbocycles. The van der Waals surface area contributed by atoms with Crippen molar-refractivity contribution in [2.24, 2.45) is 5.92 Å². The number of hydrogen-bond acceptors (Lipinski definition) is 2. The molecule has 2 rings (SSSR count). The average Bonchev–Trinajstić information content (AvgIpc) is 2.55. The third-order valence-electron chi connectivity index (χ3n) is 3.45. The zero-order valence-electron chi connectivity index (χ0n) is 10.1. The lowest BCUT2D eigenvalue weighted by Gasteiger charge is -2.27. The molecular weight excluding hydrogens is 190 g/mol. The predicted molar refractivity (Wildman–Crippen MR) is 58.7 cm³/mol. The van der Waals surface area contributed by atoms with Crippen molar-refractivity contribution >= 4 is 6.09 Å². The Morgan fingerprint density at radius 1 is 1.33 bits per heavy atom. The second-order valence-corrected chi connectivity index (χ2v) is 5.90. The summed E-state index contributed by atoms with van der Waals surface area (Å²) in [5.41, 5.74) is -0.373. The Kier molecular flexibility index (Phi) is 2.44. The van der Waals surface area contributed by atoms with E-state index in [9.17, 15) is 4.79 Å². The number of nitrogens with zero attached hydrogens (tertiary/aromatic N) is 1. The Bertz CT molecular complexity index is 269. The van der Waals surface area contributed by atoms with Crippen LogP contribution >= 0.6 is 0 Å². The van der Waals surface area contributed by atoms with E-state index in [4.69, 9.17) is 4.74 Å². The quantitative estimate of drug-likeness (QED) is 0.616. The van der Waals surface area contributed by atoms with Gasteiger partial charge in [0.25, 0.3) is 0 Å². The fourth-order valence-electron chi connectivity index (χ4n) is 2.89. The van der Waals surface area contributed by atoms with Gasteiger partial charge < -0.3 is 9.64 Å². The topological polar surface area (TPSA) is 29.5 Å². The van der Waals surface area contributed by atoms with Crippen molar-refractivity contribution in [3.8, 4) is 0 Å². The molecule has 2 aliphatic heterocycles. The minimum atomic E-state index is -0.373. The number of ether oxygens (including phenoxy) is 1. The summed E-state index contributed by atoms with van der Waals surface area (Å²) in [6, 6.07) is 0.879. The van der Waals surface area contributed by atoms with Gasteiger partial charge in [-0.25, -0.2) is 4.79 Å². The zero-order valence-corrected chi connectivity index (χ0v) is 10.1. The fourth-order valence-corrected chi connectivity index (χ4v) is 2.89. The van der Waals surface area contributed by atoms with Crippen LogP contribution in [0, 0.1) is 5.92 Å². The molecule has 0 radical (unpaired) electrons. The van der Waals surface area contributed by atoms with Crippen LogP contribution in [0.25, 0.3) is 0 Å². The van der Waals surface area contributed by atoms with Crippen LogP contribution in [0.1, 0.15) is 47.0 Å². The van der Waals surface area contributed by atoms with Gasteiger partial charge in [-0.3, -0.25) is 0 Å². The molecule has 2 heterocycles. The lowest BCUT2D eigenvalue weighted by molar-refractivity contribution is 0.0207. The van der Waals surface area contributed by atoms with Crippen LogP contribution in [0.4, 0.5) is 4.79 Å². The predicted octanol–water partition coefficient (Wildman–Crippen LogP) is 2.79. The van der Waals surface area contributed by atoms with Crippen molar-refractivity contribution in [3.63, 3.8) is 0 Å². The van der Waals surface area contributed by atoms with Gasteiger partial charge in [-0.2, -0.15) is 0 Å². The van der Waals surface area contributed by atoms with Gasteiger partial charge in [-0.1, -0.05) is 6.92 Å². The third kappa shape index (κ3) is 1.97. The van der Waals surface area contributed by atoms with E-state index in [1.165, 1.54) is 0 Å². The molecule has 2 bridgehead atoms. The largest absolute Gasteiger partial charge is 0.444 e. The highest BCUT2D eigenvalue weighted by Crippen LogP contribution is 2.41. The molecule has 2 aliphatic rings. The molecule has 15 heavy (non-hydrogen) atoms. The SMILES string of the molecule is CC1C[C@H]2CC[C@@H]1N2C(=O)OC(C)(C)C. The van der Waals surface area contributed by atoms with Crippen LogP contribution in [0.5, 0.6) is 0 Å². The van der Waals surface area contributed by atoms with Crippen LogP contribution in [0.2, 0.25) is 0 Å². The molecule has 3 nitrogen and oxygen atoms in total. The zero-order chi connectivity index (χ0) is 11.2. The Hall–Kier alpha value is -0.730. The summed E-state index contributed by atoms with van der Waals surface area (Å²) < 4.78 is 5.44. The molecule has 0 aromatic rings. The van der Waals surface area contributed by atoms with Crippen molar-refractivity contribution in [1.82, 2.24) is 4.90 Å². The van der Waals surface area contributed by atoms with E-state index in [0.717, 1.165) is 19.3 Å². The normalized spacial score (nSPS) is 34.7. The fraction of sp³-hybridized carbons (Fsp3) is 0.917. The van der Waals surface area contributed by atoms with E-state index in [1.54, 1.807) is 0 Å². The van der Waals surface area contributed by atoms with Gasteiger partial charge in [0.05, 0.1) is 0 Å². The number of hydrogen-bond donors (Lipinski definition) is 0. The van der Waals surface area contributed by atoms with E-state index in [1.807, 2.05) is 25.7 Å². The Morgan fingerprint density at radius 2 is 2.00 bits per heavy atom. The Labute approximate surface area is 91.8 Å². The Balaban J connectivity index is 2.03. The smallest absolute Gasteiger partial charge is 0.410 e. The van der Waals surface area contributed by atoms with Crippen LogP contribution < -0.4 is 0 Å². The minimum absolute atomic E-state index is 0.112. The molecule has 3 heteroatoms. The second-order valence-electron chi connectivity index (χ2n) is 5.90. The van der Waals surface area contributed by atoms with Gasteiger partial charge >= 0.3 is 6.09 Å². The highest BCUT2D eigenvalue weighted by atomic mass is 16.6. The number of amides is 1. The van der Waals surface area contributed by atoms with Gasteiger partial charge in [0.1, 0.15) is 5.60 Å². The van der Waals surface area contributed by atoms with Crippen LogP contribution in [0.15, 0.2) is 0 Å². The van der Waals surface area contributed by atoms with E-state index in [0.29, 0.717) is 18.0 Å². The average molecular weight is 211 g/mol. The maximum Gasteiger partial charge on any atom is 0.410 e. The molecule has 0 aromatic heterocycles. The first-order chi connectivity index (χ1) is 6.88. The molecule has 0 aliphatic carbocycles. The summed E-state index contributed by atoms with van der Waals surface area (Å²) in [4.78, 5) is 14.0. The molecule has 0 spiro atoms. The van der Waals surface area contributed by atoms with Gasteiger partial charge in [-0.15, -0.1) is 0 Å². The maximum absolute atomic E-state index is 12.0. The van der Waals surface area contributed by atoms with E-state index < -0.39 is 0 Å². The van der Waals surface area contributed by atoms with E-state index >= 15 is 0 Å². The molecule has 2 fully saturated rings. The first kappa shape index (κ1) is 10.8. The molecule has 2 saturated heterocycles. The van der Waals surface area contributed by atoms with Crippen molar-refractivity contribution in [3.05, 3.63) is 0 Å². The lowest BCUT2D eigenvalue weighted by Crippen LogP contribution is -2.40. The Morgan fingerprint density at radius 3 is 2.40 bits per heavy atom. The maximum atomic E-state index is 12.0. The third-order valence-corrected chi connectivity index (χ3v) is 3.45. The second kappa shape index (κ2) is 3.39. The van der Waals surface area contributed by atoms with Gasteiger partial charge in [0.15, 0.2) is 0 Å². The molecule has 0 saturated carbocycles. The van der Waals surface area contributed by atoms with E-state index in [-0.39, 0.29) is 11.7 Å². The highest BCUT2D eigenvalue weighted by Gasteiger charge is 2.47. The van der Waals surface area contributed by atoms with Crippen LogP contribution in [0.3, 0.4) is 0 Å². The number of carbonyl (C=O) groups excluding carboxylic acids is 1. The van der Waals surface area contributed by atoms with Gasteiger partial charge in [0, 0.05) is 12.1 Å². The lowest BCUT2D eigenvalue weighted by atomic mass is 9.91. The van der Waals surface area contributed by atoms with Crippen LogP contribution in [-0.2, 0) is 4.74 Å². The van der Waals surface area contributed by atoms with Crippen molar-refractivity contribution < 1.29 is 9.53 Å². The summed E-state index contributed by atoms with van der Waals surface area (Å²) >= 11 is 0. The van der Waals surface area contributed by atoms with Crippen LogP contribution in [-0.4, -0.2) is 28.7 Å². The summed E-state index contributed by atoms with van der Waals surface area (Å²) in [6.07, 6.45) is 3.36. The molecular formula is C12H21NO2. The molecule has 0 N–H and O–H groups in total. The molecule has 1 unspecified atom stereocenters. The first-order valence-corrected chi connectivity index (χ1v) is 5.90. The van der Waals surface area contributed by atoms with Crippen molar-refractivity contribution in [1.29, 1.82) is 0 Å². The van der Waals surface area contributed by atoms with Gasteiger partial charge in [-0.05, 0) is 46.0 Å². The van der Waals surface area contributed by atoms with Gasteiger partial charge in [0.2, 0.25) is 0 Å². The van der Waals surface area contributed by atoms with Crippen molar-refractivity contribution in [2.45, 2.75) is 64.6 Å². The number of carbonyl (C=O) groups is 1.